The molecule has 25 heavy (non-hydrogen) atoms. The first-order valence-electron chi connectivity index (χ1n) is 6.14. The summed E-state index contributed by atoms with van der Waals surface area (Å²) in [6, 6.07) is 4.60. The first-order valence-corrected chi connectivity index (χ1v) is 6.93. The molecule has 0 saturated heterocycles. The zero-order valence-electron chi connectivity index (χ0n) is 12.5. The van der Waals surface area contributed by atoms with Crippen LogP contribution in [0.3, 0.4) is 0 Å². The van der Waals surface area contributed by atoms with Crippen LogP contribution in [0.1, 0.15) is 23.6 Å². The van der Waals surface area contributed by atoms with Crippen molar-refractivity contribution in [2.75, 3.05) is 14.2 Å². The molecule has 2 heterocycles. The molecule has 0 aliphatic rings. The Morgan fingerprint density at radius 1 is 1.24 bits per heavy atom. The van der Waals surface area contributed by atoms with Gasteiger partial charge in [0, 0.05) is 18.3 Å². The van der Waals surface area contributed by atoms with Crippen molar-refractivity contribution in [1.82, 2.24) is 9.97 Å². The Labute approximate surface area is 152 Å². The number of carboxylic acid groups (broad SMARTS) is 1. The summed E-state index contributed by atoms with van der Waals surface area (Å²) in [6.45, 7) is 0. The monoisotopic (exact) mass is 413 g/mol. The van der Waals surface area contributed by atoms with Gasteiger partial charge in [-0.15, -0.1) is 0 Å². The summed E-state index contributed by atoms with van der Waals surface area (Å²) in [4.78, 5) is 17.6. The lowest BCUT2D eigenvalue weighted by atomic mass is 10.3. The predicted molar refractivity (Wildman–Crippen MR) is 91.0 cm³/mol. The molecule has 9 nitrogen and oxygen atoms in total. The number of methoxy groups -OCH3 is 2. The van der Waals surface area contributed by atoms with E-state index in [1.807, 2.05) is 0 Å². The number of rotatable bonds is 3. The number of aromatic hydroxyl groups is 2. The molecule has 0 aliphatic carbocycles. The first-order chi connectivity index (χ1) is 11.3. The highest BCUT2D eigenvalue weighted by molar-refractivity contribution is 9.10. The van der Waals surface area contributed by atoms with Crippen LogP contribution < -0.4 is 9.47 Å². The van der Waals surface area contributed by atoms with Crippen molar-refractivity contribution < 1.29 is 29.6 Å². The van der Waals surface area contributed by atoms with Crippen LogP contribution >= 0.6 is 15.9 Å². The third-order valence-electron chi connectivity index (χ3n) is 2.56. The van der Waals surface area contributed by atoms with Crippen LogP contribution in [-0.2, 0) is 0 Å². The normalized spacial score (nSPS) is 8.88. The van der Waals surface area contributed by atoms with Crippen LogP contribution in [0.15, 0.2) is 22.9 Å². The number of hydrogen-bond acceptors (Lipinski definition) is 8. The van der Waals surface area contributed by atoms with Gasteiger partial charge in [0.2, 0.25) is 0 Å². The third-order valence-corrected chi connectivity index (χ3v) is 2.97. The lowest BCUT2D eigenvalue weighted by Gasteiger charge is -2.03. The van der Waals surface area contributed by atoms with Crippen LogP contribution in [0.4, 0.5) is 0 Å². The Kier molecular flexibility index (Phi) is 8.72. The topological polar surface area (TPSA) is 146 Å². The molecule has 0 bridgehead atoms. The largest absolute Gasteiger partial charge is 0.503 e. The zero-order valence-corrected chi connectivity index (χ0v) is 14.1. The molecule has 3 N–H and O–H groups in total. The van der Waals surface area contributed by atoms with Crippen molar-refractivity contribution in [2.24, 2.45) is 0 Å². The number of aromatic nitrogens is 2. The van der Waals surface area contributed by atoms with Crippen molar-refractivity contribution in [3.8, 4) is 29.1 Å². The maximum Gasteiger partial charge on any atom is 0.358 e. The summed E-state index contributed by atoms with van der Waals surface area (Å²) in [7, 11) is 2.74. The Hall–Kier alpha value is -3.06. The summed E-state index contributed by atoms with van der Waals surface area (Å²) < 4.78 is 9.93. The summed E-state index contributed by atoms with van der Waals surface area (Å²) in [5.41, 5.74) is -0.462. The maximum absolute atomic E-state index is 10.4. The highest BCUT2D eigenvalue weighted by Gasteiger charge is 2.14. The highest BCUT2D eigenvalue weighted by Crippen LogP contribution is 2.30. The van der Waals surface area contributed by atoms with E-state index in [0.29, 0.717) is 4.60 Å². The number of nitriles is 1. The second-order valence-electron chi connectivity index (χ2n) is 3.97. The minimum Gasteiger partial charge on any atom is -0.503 e. The van der Waals surface area contributed by atoms with Crippen LogP contribution in [-0.4, -0.2) is 45.5 Å². The number of hydrogen-bond donors (Lipinski definition) is 3. The van der Waals surface area contributed by atoms with Gasteiger partial charge in [-0.05, 0) is 15.9 Å². The fourth-order valence-electron chi connectivity index (χ4n) is 1.48. The van der Waals surface area contributed by atoms with Crippen molar-refractivity contribution in [3.63, 3.8) is 0 Å². The fraction of sp³-hybridized carbons (Fsp3) is 0.200. The SMILES string of the molecule is C.COc1cc(Br)nc(C#N)c1O.COc1ccnc(C(=O)O)c1O. The van der Waals surface area contributed by atoms with Crippen LogP contribution in [0.5, 0.6) is 23.0 Å². The Bertz CT molecular complexity index is 792. The van der Waals surface area contributed by atoms with Crippen LogP contribution in [0, 0.1) is 11.3 Å². The molecular weight excluding hydrogens is 398 g/mol. The van der Waals surface area contributed by atoms with E-state index in [9.17, 15) is 15.0 Å². The van der Waals surface area contributed by atoms with Crippen LogP contribution in [0.2, 0.25) is 0 Å². The molecule has 0 aromatic carbocycles. The minimum absolute atomic E-state index is 0. The van der Waals surface area contributed by atoms with Gasteiger partial charge in [0.1, 0.15) is 10.7 Å². The molecule has 0 radical (unpaired) electrons. The van der Waals surface area contributed by atoms with Gasteiger partial charge in [-0.3, -0.25) is 0 Å². The van der Waals surface area contributed by atoms with Crippen molar-refractivity contribution in [1.29, 1.82) is 5.26 Å². The number of halogens is 1. The molecule has 0 spiro atoms. The lowest BCUT2D eigenvalue weighted by Crippen LogP contribution is -2.01. The molecular formula is C15H16BrN3O6. The molecule has 0 unspecified atom stereocenters. The number of aromatic carboxylic acids is 1. The smallest absolute Gasteiger partial charge is 0.358 e. The average molecular weight is 414 g/mol. The van der Waals surface area contributed by atoms with Gasteiger partial charge in [-0.25, -0.2) is 14.8 Å². The van der Waals surface area contributed by atoms with Gasteiger partial charge < -0.3 is 24.8 Å². The molecule has 0 saturated carbocycles. The van der Waals surface area contributed by atoms with Crippen LogP contribution in [0.25, 0.3) is 0 Å². The molecule has 0 amide bonds. The Morgan fingerprint density at radius 3 is 2.32 bits per heavy atom. The second kappa shape index (κ2) is 9.94. The minimum atomic E-state index is -1.29. The average Bonchev–Trinajstić information content (AvgIpc) is 2.57. The van der Waals surface area contributed by atoms with Crippen molar-refractivity contribution in [3.05, 3.63) is 34.3 Å². The van der Waals surface area contributed by atoms with Crippen molar-refractivity contribution in [2.45, 2.75) is 7.43 Å². The van der Waals surface area contributed by atoms with E-state index in [4.69, 9.17) is 15.1 Å². The van der Waals surface area contributed by atoms with Gasteiger partial charge >= 0.3 is 5.97 Å². The molecule has 134 valence electrons. The number of pyridine rings is 2. The maximum atomic E-state index is 10.4. The van der Waals surface area contributed by atoms with E-state index >= 15 is 0 Å². The molecule has 2 rings (SSSR count). The Balaban J connectivity index is 0.000000443. The predicted octanol–water partition coefficient (Wildman–Crippen LogP) is 2.56. The quantitative estimate of drug-likeness (QED) is 0.645. The number of nitrogens with zero attached hydrogens (tertiary/aromatic N) is 3. The second-order valence-corrected chi connectivity index (χ2v) is 4.78. The number of ether oxygens (including phenoxy) is 2. The summed E-state index contributed by atoms with van der Waals surface area (Å²) in [5.74, 6) is -1.64. The third kappa shape index (κ3) is 5.50. The standard InChI is InChI=1S/C7H5BrN2O2.C7H7NO4.CH4/c1-12-5-2-6(8)10-4(3-9)7(5)11;1-12-4-2-3-8-5(6(4)9)7(10)11;/h2,11H,1H3;2-3,9H,1H3,(H,10,11);1H4. The fourth-order valence-corrected chi connectivity index (χ4v) is 1.86. The van der Waals surface area contributed by atoms with Gasteiger partial charge in [-0.2, -0.15) is 5.26 Å². The van der Waals surface area contributed by atoms with Gasteiger partial charge in [0.15, 0.2) is 34.4 Å². The van der Waals surface area contributed by atoms with Gasteiger partial charge in [0.05, 0.1) is 14.2 Å². The summed E-state index contributed by atoms with van der Waals surface area (Å²) in [5, 5.41) is 35.5. The van der Waals surface area contributed by atoms with Gasteiger partial charge in [0.25, 0.3) is 0 Å². The number of carbonyl (C=O) groups is 1. The molecule has 0 aliphatic heterocycles. The molecule has 0 fully saturated rings. The van der Waals surface area contributed by atoms with E-state index in [-0.39, 0.29) is 30.4 Å². The lowest BCUT2D eigenvalue weighted by molar-refractivity contribution is 0.0686. The number of carboxylic acids is 1. The molecule has 2 aromatic heterocycles. The first kappa shape index (κ1) is 21.9. The van der Waals surface area contributed by atoms with Crippen molar-refractivity contribution >= 4 is 21.9 Å². The molecule has 10 heteroatoms. The van der Waals surface area contributed by atoms with E-state index in [1.54, 1.807) is 6.07 Å². The van der Waals surface area contributed by atoms with E-state index in [1.165, 1.54) is 32.5 Å². The van der Waals surface area contributed by atoms with E-state index in [0.717, 1.165) is 0 Å². The summed E-state index contributed by atoms with van der Waals surface area (Å²) >= 11 is 3.08. The Morgan fingerprint density at radius 2 is 1.84 bits per heavy atom. The molecule has 2 aromatic rings. The molecule has 0 atom stereocenters. The highest BCUT2D eigenvalue weighted by atomic mass is 79.9. The van der Waals surface area contributed by atoms with E-state index < -0.39 is 17.4 Å². The zero-order chi connectivity index (χ0) is 18.3. The van der Waals surface area contributed by atoms with E-state index in [2.05, 4.69) is 30.6 Å². The summed E-state index contributed by atoms with van der Waals surface area (Å²) in [6.07, 6.45) is 1.25. The van der Waals surface area contributed by atoms with Gasteiger partial charge in [-0.1, -0.05) is 7.43 Å².